The predicted octanol–water partition coefficient (Wildman–Crippen LogP) is 5.32. The lowest BCUT2D eigenvalue weighted by atomic mass is 9.86. The molecule has 0 spiro atoms. The molecule has 0 fully saturated rings. The van der Waals surface area contributed by atoms with Crippen molar-refractivity contribution in [2.45, 2.75) is 31.7 Å². The number of nitrogens with zero attached hydrogens (tertiary/aromatic N) is 4. The Morgan fingerprint density at radius 2 is 1.70 bits per heavy atom. The van der Waals surface area contributed by atoms with Gasteiger partial charge < -0.3 is 19.9 Å². The minimum absolute atomic E-state index is 0.0994. The van der Waals surface area contributed by atoms with Gasteiger partial charge in [0.05, 0.1) is 16.1 Å². The molecule has 0 bridgehead atoms. The molecule has 1 atom stereocenters. The first-order chi connectivity index (χ1) is 20.1. The maximum atomic E-state index is 14.1. The van der Waals surface area contributed by atoms with Crippen LogP contribution in [0.15, 0.2) is 71.8 Å². The van der Waals surface area contributed by atoms with Gasteiger partial charge in [0.15, 0.2) is 0 Å². The highest BCUT2D eigenvalue weighted by molar-refractivity contribution is 7.93. The van der Waals surface area contributed by atoms with Crippen LogP contribution in [0.3, 0.4) is 0 Å². The second-order valence-corrected chi connectivity index (χ2v) is 14.1. The van der Waals surface area contributed by atoms with Crippen LogP contribution in [0.25, 0.3) is 16.7 Å². The summed E-state index contributed by atoms with van der Waals surface area (Å²) in [5.41, 5.74) is 0.0686. The number of pyridine rings is 1. The van der Waals surface area contributed by atoms with Crippen LogP contribution in [0, 0.1) is 5.41 Å². The molecule has 0 aliphatic carbocycles. The maximum Gasteiger partial charge on any atom is 0.328 e. The van der Waals surface area contributed by atoms with Crippen molar-refractivity contribution in [3.8, 4) is 5.82 Å². The van der Waals surface area contributed by atoms with Crippen molar-refractivity contribution in [1.82, 2.24) is 19.8 Å². The van der Waals surface area contributed by atoms with E-state index in [0.29, 0.717) is 29.8 Å². The molecular formula is C30H33Cl2N5O5S. The van der Waals surface area contributed by atoms with Gasteiger partial charge in [0.1, 0.15) is 17.6 Å². The van der Waals surface area contributed by atoms with Crippen molar-refractivity contribution in [1.29, 1.82) is 0 Å². The third-order valence-electron chi connectivity index (χ3n) is 6.67. The van der Waals surface area contributed by atoms with E-state index in [2.05, 4.69) is 10.3 Å². The molecule has 0 aliphatic rings. The largest absolute Gasteiger partial charge is 0.480 e. The number of carboxylic acids is 1. The molecule has 1 unspecified atom stereocenters. The fraction of sp³-hybridized carbons (Fsp3) is 0.300. The molecule has 0 saturated heterocycles. The number of rotatable bonds is 10. The highest BCUT2D eigenvalue weighted by atomic mass is 35.5. The second-order valence-electron chi connectivity index (χ2n) is 11.4. The number of anilines is 1. The van der Waals surface area contributed by atoms with Crippen LogP contribution in [-0.2, 0) is 14.8 Å². The minimum Gasteiger partial charge on any atom is -0.480 e. The topological polar surface area (TPSA) is 125 Å². The Kier molecular flexibility index (Phi) is 9.41. The van der Waals surface area contributed by atoms with Crippen molar-refractivity contribution in [2.24, 2.45) is 5.41 Å². The summed E-state index contributed by atoms with van der Waals surface area (Å²) in [5, 5.41) is 13.9. The van der Waals surface area contributed by atoms with Gasteiger partial charge >= 0.3 is 5.97 Å². The zero-order valence-electron chi connectivity index (χ0n) is 24.4. The number of carbonyl (C=O) groups is 2. The lowest BCUT2D eigenvalue weighted by Crippen LogP contribution is -2.52. The lowest BCUT2D eigenvalue weighted by molar-refractivity contribution is -0.140. The zero-order valence-corrected chi connectivity index (χ0v) is 26.7. The molecule has 4 aromatic rings. The summed E-state index contributed by atoms with van der Waals surface area (Å²) in [7, 11) is -0.618. The van der Waals surface area contributed by atoms with Gasteiger partial charge in [-0.25, -0.2) is 18.2 Å². The number of halogens is 2. The quantitative estimate of drug-likeness (QED) is 0.239. The Labute approximate surface area is 260 Å². The molecule has 0 saturated carbocycles. The lowest BCUT2D eigenvalue weighted by Gasteiger charge is -2.37. The molecule has 2 aromatic carbocycles. The fourth-order valence-corrected chi connectivity index (χ4v) is 7.18. The first kappa shape index (κ1) is 32.3. The number of carboxylic acid groups (broad SMARTS) is 1. The Morgan fingerprint density at radius 3 is 2.30 bits per heavy atom. The summed E-state index contributed by atoms with van der Waals surface area (Å²) in [6.45, 7) is 6.13. The normalized spacial score (nSPS) is 12.8. The van der Waals surface area contributed by atoms with E-state index in [9.17, 15) is 23.1 Å². The van der Waals surface area contributed by atoms with Crippen LogP contribution in [0.1, 0.15) is 31.3 Å². The molecule has 2 heterocycles. The van der Waals surface area contributed by atoms with E-state index in [-0.39, 0.29) is 32.2 Å². The highest BCUT2D eigenvalue weighted by Crippen LogP contribution is 2.37. The summed E-state index contributed by atoms with van der Waals surface area (Å²) in [6, 6.07) is 14.1. The van der Waals surface area contributed by atoms with Gasteiger partial charge in [0, 0.05) is 34.7 Å². The Balaban J connectivity index is 1.80. The number of amides is 1. The number of likely N-dealkylation sites (N-methyl/N-ethyl adjacent to an activating group) is 1. The smallest absolute Gasteiger partial charge is 0.328 e. The van der Waals surface area contributed by atoms with Crippen molar-refractivity contribution >= 4 is 61.7 Å². The van der Waals surface area contributed by atoms with E-state index in [1.54, 1.807) is 74.0 Å². The summed E-state index contributed by atoms with van der Waals surface area (Å²) < 4.78 is 30.9. The van der Waals surface area contributed by atoms with E-state index in [0.717, 1.165) is 4.31 Å². The average molecular weight is 647 g/mol. The Bertz CT molecular complexity index is 1760. The molecular weight excluding hydrogens is 613 g/mol. The highest BCUT2D eigenvalue weighted by Gasteiger charge is 2.43. The minimum atomic E-state index is -4.45. The third kappa shape index (κ3) is 7.13. The fourth-order valence-electron chi connectivity index (χ4n) is 4.67. The van der Waals surface area contributed by atoms with E-state index in [4.69, 9.17) is 23.2 Å². The van der Waals surface area contributed by atoms with Crippen molar-refractivity contribution < 1.29 is 23.1 Å². The van der Waals surface area contributed by atoms with Crippen LogP contribution in [0.2, 0.25) is 10.0 Å². The van der Waals surface area contributed by atoms with Crippen LogP contribution < -0.4 is 9.62 Å². The van der Waals surface area contributed by atoms with Gasteiger partial charge in [0.2, 0.25) is 0 Å². The summed E-state index contributed by atoms with van der Waals surface area (Å²) in [5.74, 6) is -1.13. The number of fused-ring (bicyclic) bond motifs is 1. The first-order valence-corrected chi connectivity index (χ1v) is 15.5. The van der Waals surface area contributed by atoms with Crippen LogP contribution in [-0.4, -0.2) is 73.1 Å². The molecule has 4 rings (SSSR count). The Hall–Kier alpha value is -3.64. The summed E-state index contributed by atoms with van der Waals surface area (Å²) >= 11 is 12.3. The molecule has 10 nitrogen and oxygen atoms in total. The van der Waals surface area contributed by atoms with Gasteiger partial charge in [-0.05, 0) is 74.1 Å². The monoisotopic (exact) mass is 645 g/mol. The van der Waals surface area contributed by atoms with Crippen molar-refractivity contribution in [2.75, 3.05) is 31.5 Å². The van der Waals surface area contributed by atoms with E-state index >= 15 is 0 Å². The van der Waals surface area contributed by atoms with Crippen LogP contribution >= 0.6 is 23.2 Å². The molecule has 0 aliphatic heterocycles. The number of hydrogen-bond acceptors (Lipinski definition) is 6. The van der Waals surface area contributed by atoms with Crippen molar-refractivity contribution in [3.05, 3.63) is 82.6 Å². The maximum absolute atomic E-state index is 14.1. The molecule has 228 valence electrons. The number of aliphatic carboxylic acids is 1. The predicted molar refractivity (Wildman–Crippen MR) is 169 cm³/mol. The molecule has 2 N–H and O–H groups in total. The number of carbonyl (C=O) groups excluding carboxylic acids is 1. The van der Waals surface area contributed by atoms with E-state index in [1.165, 1.54) is 18.2 Å². The third-order valence-corrected chi connectivity index (χ3v) is 8.88. The molecule has 0 radical (unpaired) electrons. The molecule has 1 amide bonds. The standard InChI is InChI=1S/C30H33Cl2N5O5S/c1-30(2,3)27(29(39)40)37(43(41,42)23-17-20(31)16-21(32)18-23)22-9-10-25-19(15-22)11-13-36(25)26-8-6-7-24(34-26)28(38)33-12-14-35(4)5/h6-11,13,15-18,27H,12,14H2,1-5H3,(H,33,38)(H,39,40). The van der Waals surface area contributed by atoms with Crippen LogP contribution in [0.5, 0.6) is 0 Å². The number of nitrogens with one attached hydrogen (secondary N) is 1. The Morgan fingerprint density at radius 1 is 1.02 bits per heavy atom. The number of hydrogen-bond donors (Lipinski definition) is 2. The SMILES string of the molecule is CN(C)CCNC(=O)c1cccc(-n2ccc3cc(N(C(C(=O)O)C(C)(C)C)S(=O)(=O)c4cc(Cl)cc(Cl)c4)ccc32)n1. The average Bonchev–Trinajstić information content (AvgIpc) is 3.33. The summed E-state index contributed by atoms with van der Waals surface area (Å²) in [4.78, 5) is 31.5. The first-order valence-electron chi connectivity index (χ1n) is 13.3. The molecule has 13 heteroatoms. The number of sulfonamides is 1. The summed E-state index contributed by atoms with van der Waals surface area (Å²) in [6.07, 6.45) is 1.75. The van der Waals surface area contributed by atoms with Gasteiger partial charge in [-0.1, -0.05) is 50.0 Å². The number of aromatic nitrogens is 2. The zero-order chi connectivity index (χ0) is 31.7. The second kappa shape index (κ2) is 12.5. The van der Waals surface area contributed by atoms with Gasteiger partial charge in [-0.15, -0.1) is 0 Å². The number of benzene rings is 2. The molecule has 43 heavy (non-hydrogen) atoms. The molecule has 2 aromatic heterocycles. The van der Waals surface area contributed by atoms with E-state index < -0.39 is 27.4 Å². The van der Waals surface area contributed by atoms with E-state index in [1.807, 2.05) is 19.0 Å². The van der Waals surface area contributed by atoms with Gasteiger partial charge in [-0.2, -0.15) is 0 Å². The van der Waals surface area contributed by atoms with Gasteiger partial charge in [-0.3, -0.25) is 9.10 Å². The van der Waals surface area contributed by atoms with Gasteiger partial charge in [0.25, 0.3) is 15.9 Å². The van der Waals surface area contributed by atoms with Crippen molar-refractivity contribution in [3.63, 3.8) is 0 Å². The van der Waals surface area contributed by atoms with Crippen LogP contribution in [0.4, 0.5) is 5.69 Å².